The Morgan fingerprint density at radius 1 is 1.12 bits per heavy atom. The first kappa shape index (κ1) is 20.4. The third-order valence-corrected chi connectivity index (χ3v) is 3.82. The summed E-state index contributed by atoms with van der Waals surface area (Å²) < 4.78 is 11.3. The number of aliphatic hydroxyl groups excluding tert-OH is 1. The van der Waals surface area contributed by atoms with Crippen molar-refractivity contribution >= 4 is 11.6 Å². The lowest BCUT2D eigenvalue weighted by atomic mass is 10.1. The lowest BCUT2D eigenvalue weighted by Gasteiger charge is -2.16. The molecule has 0 amide bonds. The summed E-state index contributed by atoms with van der Waals surface area (Å²) in [7, 11) is 0. The summed E-state index contributed by atoms with van der Waals surface area (Å²) in [5.74, 6) is 1.25. The third kappa shape index (κ3) is 7.56. The molecule has 0 aliphatic carbocycles. The van der Waals surface area contributed by atoms with E-state index in [1.807, 2.05) is 38.1 Å². The molecule has 1 heterocycles. The number of halogens is 1. The first-order valence-corrected chi connectivity index (χ1v) is 9.16. The zero-order valence-electron chi connectivity index (χ0n) is 15.2. The van der Waals surface area contributed by atoms with Crippen LogP contribution in [0, 0.1) is 0 Å². The average Bonchev–Trinajstić information content (AvgIpc) is 2.64. The molecule has 0 fully saturated rings. The van der Waals surface area contributed by atoms with Crippen LogP contribution in [0.1, 0.15) is 25.8 Å². The fourth-order valence-corrected chi connectivity index (χ4v) is 2.39. The fraction of sp³-hybridized carbons (Fsp3) is 0.474. The Kier molecular flexibility index (Phi) is 8.61. The van der Waals surface area contributed by atoms with Gasteiger partial charge in [-0.2, -0.15) is 0 Å². The van der Waals surface area contributed by atoms with Gasteiger partial charge in [0.2, 0.25) is 5.88 Å². The maximum absolute atomic E-state index is 9.98. The summed E-state index contributed by atoms with van der Waals surface area (Å²) in [6, 6.07) is 11.5. The predicted molar refractivity (Wildman–Crippen MR) is 102 cm³/mol. The topological polar surface area (TPSA) is 76.5 Å². The zero-order chi connectivity index (χ0) is 18.8. The van der Waals surface area contributed by atoms with E-state index >= 15 is 0 Å². The molecule has 2 aromatic rings. The Bertz CT molecular complexity index is 653. The highest BCUT2D eigenvalue weighted by Gasteiger charge is 2.09. The molecule has 0 saturated carbocycles. The van der Waals surface area contributed by atoms with Gasteiger partial charge in [0.05, 0.1) is 6.61 Å². The van der Waals surface area contributed by atoms with Crippen LogP contribution in [0.25, 0.3) is 0 Å². The number of nitrogens with zero attached hydrogens (tertiary/aromatic N) is 2. The van der Waals surface area contributed by atoms with Crippen molar-refractivity contribution < 1.29 is 14.6 Å². The van der Waals surface area contributed by atoms with Crippen LogP contribution in [-0.4, -0.2) is 47.2 Å². The SMILES string of the molecule is CC(C)NCC(O)COc1ccccc1CCCOc1ccc(Cl)nn1. The minimum Gasteiger partial charge on any atom is -0.491 e. The second-order valence-corrected chi connectivity index (χ2v) is 6.67. The summed E-state index contributed by atoms with van der Waals surface area (Å²) in [5, 5.41) is 21.1. The van der Waals surface area contributed by atoms with E-state index in [4.69, 9.17) is 21.1 Å². The first-order chi connectivity index (χ1) is 12.5. The van der Waals surface area contributed by atoms with Crippen molar-refractivity contribution in [3.63, 3.8) is 0 Å². The fourth-order valence-electron chi connectivity index (χ4n) is 2.29. The number of ether oxygens (including phenoxy) is 2. The summed E-state index contributed by atoms with van der Waals surface area (Å²) >= 11 is 5.69. The van der Waals surface area contributed by atoms with Crippen molar-refractivity contribution in [2.45, 2.75) is 38.8 Å². The molecule has 2 rings (SSSR count). The summed E-state index contributed by atoms with van der Waals surface area (Å²) in [6.45, 7) is 5.37. The lowest BCUT2D eigenvalue weighted by Crippen LogP contribution is -2.35. The van der Waals surface area contributed by atoms with Crippen molar-refractivity contribution in [2.24, 2.45) is 0 Å². The predicted octanol–water partition coefficient (Wildman–Crippen LogP) is 2.88. The van der Waals surface area contributed by atoms with Crippen molar-refractivity contribution in [3.8, 4) is 11.6 Å². The number of hydrogen-bond donors (Lipinski definition) is 2. The molecule has 7 heteroatoms. The van der Waals surface area contributed by atoms with Crippen molar-refractivity contribution in [1.29, 1.82) is 0 Å². The van der Waals surface area contributed by atoms with Crippen LogP contribution in [-0.2, 0) is 6.42 Å². The summed E-state index contributed by atoms with van der Waals surface area (Å²) in [5.41, 5.74) is 1.09. The first-order valence-electron chi connectivity index (χ1n) is 8.79. The number of para-hydroxylation sites is 1. The molecular weight excluding hydrogens is 354 g/mol. The molecule has 1 aromatic heterocycles. The number of aliphatic hydroxyl groups is 1. The monoisotopic (exact) mass is 379 g/mol. The molecule has 1 unspecified atom stereocenters. The van der Waals surface area contributed by atoms with Gasteiger partial charge in [0, 0.05) is 18.7 Å². The largest absolute Gasteiger partial charge is 0.491 e. The van der Waals surface area contributed by atoms with Gasteiger partial charge in [0.1, 0.15) is 18.5 Å². The van der Waals surface area contributed by atoms with Crippen LogP contribution in [0.2, 0.25) is 5.15 Å². The molecule has 0 bridgehead atoms. The molecule has 6 nitrogen and oxygen atoms in total. The molecule has 0 saturated heterocycles. The summed E-state index contributed by atoms with van der Waals surface area (Å²) in [6.07, 6.45) is 1.07. The van der Waals surface area contributed by atoms with Gasteiger partial charge in [-0.1, -0.05) is 43.6 Å². The van der Waals surface area contributed by atoms with Crippen LogP contribution < -0.4 is 14.8 Å². The normalized spacial score (nSPS) is 12.2. The maximum Gasteiger partial charge on any atom is 0.233 e. The van der Waals surface area contributed by atoms with E-state index in [1.54, 1.807) is 12.1 Å². The molecule has 0 aliphatic rings. The van der Waals surface area contributed by atoms with Gasteiger partial charge in [-0.15, -0.1) is 10.2 Å². The van der Waals surface area contributed by atoms with Crippen LogP contribution >= 0.6 is 11.6 Å². The quantitative estimate of drug-likeness (QED) is 0.585. The van der Waals surface area contributed by atoms with E-state index in [0.29, 0.717) is 30.2 Å². The van der Waals surface area contributed by atoms with Crippen LogP contribution in [0.4, 0.5) is 0 Å². The second-order valence-electron chi connectivity index (χ2n) is 6.28. The molecule has 2 N–H and O–H groups in total. The number of rotatable bonds is 11. The molecule has 0 spiro atoms. The van der Waals surface area contributed by atoms with Gasteiger partial charge >= 0.3 is 0 Å². The van der Waals surface area contributed by atoms with Gasteiger partial charge in [-0.3, -0.25) is 0 Å². The highest BCUT2D eigenvalue weighted by Crippen LogP contribution is 2.20. The highest BCUT2D eigenvalue weighted by atomic mass is 35.5. The second kappa shape index (κ2) is 11.0. The Labute approximate surface area is 159 Å². The van der Waals surface area contributed by atoms with Crippen LogP contribution in [0.3, 0.4) is 0 Å². The maximum atomic E-state index is 9.98. The molecule has 1 atom stereocenters. The smallest absolute Gasteiger partial charge is 0.233 e. The van der Waals surface area contributed by atoms with Gasteiger partial charge < -0.3 is 19.9 Å². The molecule has 0 radical (unpaired) electrons. The van der Waals surface area contributed by atoms with Gasteiger partial charge in [0.15, 0.2) is 5.15 Å². The number of aromatic nitrogens is 2. The van der Waals surface area contributed by atoms with Crippen molar-refractivity contribution in [1.82, 2.24) is 15.5 Å². The average molecular weight is 380 g/mol. The van der Waals surface area contributed by atoms with Gasteiger partial charge in [-0.25, -0.2) is 0 Å². The number of benzene rings is 1. The van der Waals surface area contributed by atoms with E-state index in [-0.39, 0.29) is 6.61 Å². The Hall–Kier alpha value is -1.89. The lowest BCUT2D eigenvalue weighted by molar-refractivity contribution is 0.104. The Balaban J connectivity index is 1.76. The molecule has 26 heavy (non-hydrogen) atoms. The standard InChI is InChI=1S/C19H26ClN3O3/c1-14(2)21-12-16(24)13-26-17-8-4-3-6-15(17)7-5-11-25-19-10-9-18(20)22-23-19/h3-4,6,8-10,14,16,21,24H,5,7,11-13H2,1-2H3. The molecular formula is C19H26ClN3O3. The number of nitrogens with one attached hydrogen (secondary N) is 1. The Morgan fingerprint density at radius 3 is 2.65 bits per heavy atom. The van der Waals surface area contributed by atoms with E-state index in [1.165, 1.54) is 0 Å². The highest BCUT2D eigenvalue weighted by molar-refractivity contribution is 6.29. The zero-order valence-corrected chi connectivity index (χ0v) is 15.9. The van der Waals surface area contributed by atoms with Gasteiger partial charge in [-0.05, 0) is 30.5 Å². The van der Waals surface area contributed by atoms with Gasteiger partial charge in [0.25, 0.3) is 0 Å². The van der Waals surface area contributed by atoms with E-state index in [9.17, 15) is 5.11 Å². The third-order valence-electron chi connectivity index (χ3n) is 3.61. The molecule has 0 aliphatic heterocycles. The molecule has 1 aromatic carbocycles. The van der Waals surface area contributed by atoms with E-state index in [0.717, 1.165) is 24.2 Å². The molecule has 142 valence electrons. The minimum absolute atomic E-state index is 0.258. The van der Waals surface area contributed by atoms with Crippen LogP contribution in [0.5, 0.6) is 11.6 Å². The number of hydrogen-bond acceptors (Lipinski definition) is 6. The minimum atomic E-state index is -0.544. The Morgan fingerprint density at radius 2 is 1.92 bits per heavy atom. The van der Waals surface area contributed by atoms with Crippen molar-refractivity contribution in [2.75, 3.05) is 19.8 Å². The van der Waals surface area contributed by atoms with E-state index in [2.05, 4.69) is 15.5 Å². The summed E-state index contributed by atoms with van der Waals surface area (Å²) in [4.78, 5) is 0. The van der Waals surface area contributed by atoms with E-state index < -0.39 is 6.10 Å². The number of aryl methyl sites for hydroxylation is 1. The van der Waals surface area contributed by atoms with Crippen molar-refractivity contribution in [3.05, 3.63) is 47.1 Å². The van der Waals surface area contributed by atoms with Crippen LogP contribution in [0.15, 0.2) is 36.4 Å².